The van der Waals surface area contributed by atoms with Crippen LogP contribution < -0.4 is 10.9 Å². The Morgan fingerprint density at radius 1 is 1.28 bits per heavy atom. The van der Waals surface area contributed by atoms with Gasteiger partial charge in [0, 0.05) is 37.4 Å². The first-order chi connectivity index (χ1) is 14.1. The predicted octanol–water partition coefficient (Wildman–Crippen LogP) is 4.14. The van der Waals surface area contributed by atoms with Crippen LogP contribution in [0.1, 0.15) is 56.6 Å². The van der Waals surface area contributed by atoms with Crippen molar-refractivity contribution in [3.8, 4) is 0 Å². The lowest BCUT2D eigenvalue weighted by Gasteiger charge is -2.36. The number of aromatic nitrogens is 1. The van der Waals surface area contributed by atoms with Crippen LogP contribution in [0.25, 0.3) is 10.9 Å². The number of H-pyrrole nitrogens is 1. The molecule has 6 heteroatoms. The van der Waals surface area contributed by atoms with Gasteiger partial charge < -0.3 is 19.9 Å². The molecular formula is C23H33N3O2S. The van der Waals surface area contributed by atoms with Gasteiger partial charge in [0.15, 0.2) is 5.11 Å². The number of benzene rings is 1. The zero-order valence-corrected chi connectivity index (χ0v) is 18.4. The minimum Gasteiger partial charge on any atom is -0.385 e. The van der Waals surface area contributed by atoms with Gasteiger partial charge in [-0.1, -0.05) is 32.3 Å². The van der Waals surface area contributed by atoms with Gasteiger partial charge in [0.25, 0.3) is 5.56 Å². The van der Waals surface area contributed by atoms with Crippen molar-refractivity contribution in [1.82, 2.24) is 15.2 Å². The van der Waals surface area contributed by atoms with Crippen LogP contribution in [-0.2, 0) is 17.7 Å². The summed E-state index contributed by atoms with van der Waals surface area (Å²) in [6.45, 7) is 4.18. The van der Waals surface area contributed by atoms with E-state index in [2.05, 4.69) is 34.3 Å². The average molecular weight is 416 g/mol. The summed E-state index contributed by atoms with van der Waals surface area (Å²) in [7, 11) is 1.71. The van der Waals surface area contributed by atoms with Gasteiger partial charge >= 0.3 is 0 Å². The van der Waals surface area contributed by atoms with Gasteiger partial charge in [-0.2, -0.15) is 0 Å². The van der Waals surface area contributed by atoms with Gasteiger partial charge in [0.1, 0.15) is 0 Å². The SMILES string of the molecule is CCc1ccc2[nH]c(=O)c(CN(C(=S)NCCCOC)C3CCCCC3)cc2c1. The lowest BCUT2D eigenvalue weighted by molar-refractivity contribution is 0.194. The minimum atomic E-state index is -0.0234. The van der Waals surface area contributed by atoms with Crippen molar-refractivity contribution in [3.05, 3.63) is 45.7 Å². The predicted molar refractivity (Wildman–Crippen MR) is 123 cm³/mol. The Balaban J connectivity index is 1.82. The molecule has 0 bridgehead atoms. The fraction of sp³-hybridized carbons (Fsp3) is 0.565. The Morgan fingerprint density at radius 2 is 2.07 bits per heavy atom. The summed E-state index contributed by atoms with van der Waals surface area (Å²) in [5.41, 5.74) is 2.91. The van der Waals surface area contributed by atoms with Gasteiger partial charge in [-0.15, -0.1) is 0 Å². The normalized spacial score (nSPS) is 14.8. The number of hydrogen-bond acceptors (Lipinski definition) is 3. The summed E-state index contributed by atoms with van der Waals surface area (Å²) in [4.78, 5) is 18.1. The molecule has 1 aliphatic carbocycles. The van der Waals surface area contributed by atoms with E-state index >= 15 is 0 Å². The van der Waals surface area contributed by atoms with Crippen molar-refractivity contribution in [1.29, 1.82) is 0 Å². The van der Waals surface area contributed by atoms with Crippen molar-refractivity contribution < 1.29 is 4.74 Å². The fourth-order valence-electron chi connectivity index (χ4n) is 4.09. The van der Waals surface area contributed by atoms with E-state index in [9.17, 15) is 4.79 Å². The van der Waals surface area contributed by atoms with E-state index in [0.29, 0.717) is 19.2 Å². The molecule has 1 fully saturated rings. The first-order valence-electron chi connectivity index (χ1n) is 10.8. The van der Waals surface area contributed by atoms with E-state index in [1.54, 1.807) is 7.11 Å². The summed E-state index contributed by atoms with van der Waals surface area (Å²) >= 11 is 5.75. The number of ether oxygens (including phenoxy) is 1. The Bertz CT molecular complexity index is 874. The van der Waals surface area contributed by atoms with Crippen LogP contribution in [0, 0.1) is 0 Å². The number of pyridine rings is 1. The zero-order valence-electron chi connectivity index (χ0n) is 17.6. The number of thiocarbonyl (C=S) groups is 1. The van der Waals surface area contributed by atoms with Gasteiger partial charge in [-0.25, -0.2) is 0 Å². The van der Waals surface area contributed by atoms with Gasteiger partial charge in [-0.05, 0) is 67.0 Å². The first-order valence-corrected chi connectivity index (χ1v) is 11.2. The highest BCUT2D eigenvalue weighted by atomic mass is 32.1. The molecule has 0 radical (unpaired) electrons. The zero-order chi connectivity index (χ0) is 20.6. The molecule has 1 saturated carbocycles. The van der Waals surface area contributed by atoms with E-state index in [1.165, 1.54) is 24.8 Å². The van der Waals surface area contributed by atoms with E-state index in [-0.39, 0.29) is 5.56 Å². The van der Waals surface area contributed by atoms with Crippen molar-refractivity contribution in [3.63, 3.8) is 0 Å². The molecule has 1 aliphatic rings. The maximum Gasteiger partial charge on any atom is 0.253 e. The summed E-state index contributed by atoms with van der Waals surface area (Å²) in [6, 6.07) is 8.67. The lowest BCUT2D eigenvalue weighted by Crippen LogP contribution is -2.47. The van der Waals surface area contributed by atoms with Crippen LogP contribution in [0.15, 0.2) is 29.1 Å². The quantitative estimate of drug-likeness (QED) is 0.501. The van der Waals surface area contributed by atoms with Crippen LogP contribution in [0.3, 0.4) is 0 Å². The molecule has 158 valence electrons. The van der Waals surface area contributed by atoms with Crippen molar-refractivity contribution >= 4 is 28.2 Å². The monoisotopic (exact) mass is 415 g/mol. The van der Waals surface area contributed by atoms with Crippen LogP contribution in [0.5, 0.6) is 0 Å². The highest BCUT2D eigenvalue weighted by Crippen LogP contribution is 2.24. The molecule has 1 aromatic heterocycles. The third-order valence-electron chi connectivity index (χ3n) is 5.81. The van der Waals surface area contributed by atoms with E-state index in [4.69, 9.17) is 17.0 Å². The van der Waals surface area contributed by atoms with Gasteiger partial charge in [0.05, 0.1) is 6.54 Å². The van der Waals surface area contributed by atoms with Crippen molar-refractivity contribution in [2.75, 3.05) is 20.3 Å². The molecule has 2 N–H and O–H groups in total. The van der Waals surface area contributed by atoms with Crippen LogP contribution in [0.4, 0.5) is 0 Å². The molecule has 0 unspecified atom stereocenters. The minimum absolute atomic E-state index is 0.0234. The standard InChI is InChI=1S/C23H33N3O2S/c1-3-17-10-11-21-18(14-17)15-19(22(27)25-21)16-26(20-8-5-4-6-9-20)23(29)24-12-7-13-28-2/h10-11,14-15,20H,3-9,12-13,16H2,1-2H3,(H,24,29)(H,25,27). The molecule has 3 rings (SSSR count). The molecule has 1 heterocycles. The average Bonchev–Trinajstić information content (AvgIpc) is 2.75. The summed E-state index contributed by atoms with van der Waals surface area (Å²) in [5.74, 6) is 0. The second-order valence-corrected chi connectivity index (χ2v) is 8.28. The maximum absolute atomic E-state index is 12.8. The fourth-order valence-corrected chi connectivity index (χ4v) is 4.41. The van der Waals surface area contributed by atoms with E-state index in [0.717, 1.165) is 53.8 Å². The second-order valence-electron chi connectivity index (χ2n) is 7.90. The number of nitrogens with one attached hydrogen (secondary N) is 2. The van der Waals surface area contributed by atoms with Crippen LogP contribution >= 0.6 is 12.2 Å². The molecule has 1 aromatic carbocycles. The Hall–Kier alpha value is -1.92. The number of aromatic amines is 1. The maximum atomic E-state index is 12.8. The van der Waals surface area contributed by atoms with E-state index < -0.39 is 0 Å². The number of aryl methyl sites for hydroxylation is 1. The van der Waals surface area contributed by atoms with E-state index in [1.807, 2.05) is 12.1 Å². The smallest absolute Gasteiger partial charge is 0.253 e. The molecule has 0 spiro atoms. The highest BCUT2D eigenvalue weighted by Gasteiger charge is 2.24. The summed E-state index contributed by atoms with van der Waals surface area (Å²) in [5, 5.41) is 5.21. The second kappa shape index (κ2) is 10.7. The number of methoxy groups -OCH3 is 1. The molecule has 29 heavy (non-hydrogen) atoms. The van der Waals surface area contributed by atoms with Crippen LogP contribution in [0.2, 0.25) is 0 Å². The molecule has 0 saturated heterocycles. The Labute approximate surface area is 178 Å². The molecule has 0 atom stereocenters. The molecular weight excluding hydrogens is 382 g/mol. The first kappa shape index (κ1) is 21.8. The molecule has 5 nitrogen and oxygen atoms in total. The Morgan fingerprint density at radius 3 is 2.79 bits per heavy atom. The van der Waals surface area contributed by atoms with Gasteiger partial charge in [0.2, 0.25) is 0 Å². The summed E-state index contributed by atoms with van der Waals surface area (Å²) < 4.78 is 5.13. The van der Waals surface area contributed by atoms with Crippen LogP contribution in [-0.4, -0.2) is 41.3 Å². The summed E-state index contributed by atoms with van der Waals surface area (Å²) in [6.07, 6.45) is 7.88. The topological polar surface area (TPSA) is 57.4 Å². The molecule has 0 aliphatic heterocycles. The lowest BCUT2D eigenvalue weighted by atomic mass is 9.94. The third kappa shape index (κ3) is 5.80. The number of nitrogens with zero attached hydrogens (tertiary/aromatic N) is 1. The third-order valence-corrected chi connectivity index (χ3v) is 6.19. The highest BCUT2D eigenvalue weighted by molar-refractivity contribution is 7.80. The molecule has 2 aromatic rings. The van der Waals surface area contributed by atoms with Crippen molar-refractivity contribution in [2.24, 2.45) is 0 Å². The number of rotatable bonds is 8. The Kier molecular flexibility index (Phi) is 8.07. The number of hydrogen-bond donors (Lipinski definition) is 2. The van der Waals surface area contributed by atoms with Crippen molar-refractivity contribution in [2.45, 2.75) is 64.5 Å². The number of fused-ring (bicyclic) bond motifs is 1. The molecule has 0 amide bonds. The largest absolute Gasteiger partial charge is 0.385 e. The van der Waals surface area contributed by atoms with Gasteiger partial charge in [-0.3, -0.25) is 4.79 Å².